The van der Waals surface area contributed by atoms with Gasteiger partial charge in [-0.05, 0) is 121 Å². The van der Waals surface area contributed by atoms with Crippen molar-refractivity contribution in [3.05, 3.63) is 46.0 Å². The molecule has 2 saturated carbocycles. The first-order chi connectivity index (χ1) is 21.6. The number of methoxy groups -OCH3 is 1. The highest BCUT2D eigenvalue weighted by molar-refractivity contribution is 6.09. The van der Waals surface area contributed by atoms with E-state index in [1.165, 1.54) is 38.2 Å². The van der Waals surface area contributed by atoms with E-state index in [9.17, 15) is 24.6 Å². The number of carbonyl (C=O) groups is 3. The van der Waals surface area contributed by atoms with Gasteiger partial charge in [-0.15, -0.1) is 0 Å². The van der Waals surface area contributed by atoms with E-state index in [0.717, 1.165) is 17.5 Å². The lowest BCUT2D eigenvalue weighted by atomic mass is 9.41. The van der Waals surface area contributed by atoms with Crippen molar-refractivity contribution in [1.29, 1.82) is 0 Å². The molecular formula is C38H49NO8. The molecule has 7 rings (SSSR count). The van der Waals surface area contributed by atoms with Crippen LogP contribution in [-0.2, 0) is 30.2 Å². The molecule has 9 nitrogen and oxygen atoms in total. The van der Waals surface area contributed by atoms with E-state index >= 15 is 0 Å². The molecule has 0 saturated heterocycles. The minimum absolute atomic E-state index is 0.0285. The number of fused-ring (bicyclic) bond motifs is 8. The fourth-order valence-corrected chi connectivity index (χ4v) is 10.3. The van der Waals surface area contributed by atoms with Crippen LogP contribution in [0, 0.1) is 16.7 Å². The fraction of sp³-hybridized carbons (Fsp3) is 0.658. The smallest absolute Gasteiger partial charge is 0.231 e. The number of carbonyl (C=O) groups excluding carboxylic acids is 3. The molecule has 2 fully saturated rings. The van der Waals surface area contributed by atoms with Gasteiger partial charge in [0.1, 0.15) is 0 Å². The molecule has 6 unspecified atom stereocenters. The van der Waals surface area contributed by atoms with Gasteiger partial charge in [0, 0.05) is 42.9 Å². The Hall–Kier alpha value is -2.69. The number of Topliss-reactive ketones (excluding diaryl/α,β-unsaturated/α-hetero) is 1. The molecule has 0 radical (unpaired) electrons. The van der Waals surface area contributed by atoms with Crippen LogP contribution in [0.4, 0.5) is 5.69 Å². The fourth-order valence-electron chi connectivity index (χ4n) is 10.3. The maximum atomic E-state index is 14.8. The third-order valence-electron chi connectivity index (χ3n) is 13.0. The molecule has 3 aliphatic heterocycles. The van der Waals surface area contributed by atoms with Crippen molar-refractivity contribution in [2.24, 2.45) is 16.7 Å². The van der Waals surface area contributed by atoms with E-state index < -0.39 is 45.3 Å². The van der Waals surface area contributed by atoms with E-state index in [1.54, 1.807) is 0 Å². The van der Waals surface area contributed by atoms with Gasteiger partial charge in [0.25, 0.3) is 0 Å². The molecule has 3 aliphatic carbocycles. The largest absolute Gasteiger partial charge is 0.387 e. The summed E-state index contributed by atoms with van der Waals surface area (Å²) in [6.07, 6.45) is 3.01. The molecule has 6 atom stereocenters. The standard InChI is InChI=1S/C38H49NO8/c1-32(2)19-24-22-17-26-23(14-20(22)15-25(24)34(5,6)47-32)27(40)16-21-10-11-37(44)29-18-28(41)30(33(3,4)43)46-38(29,45-9)13-12-35(37,7)36(21,8)31(42)39-26/h14,17-18,21,30,43-44H,10-13,15-16,19H2,1-9H3,(H,39,42). The summed E-state index contributed by atoms with van der Waals surface area (Å²) in [6.45, 7) is 15.2. The number of amides is 1. The summed E-state index contributed by atoms with van der Waals surface area (Å²) < 4.78 is 18.7. The topological polar surface area (TPSA) is 131 Å². The molecule has 1 aromatic carbocycles. The minimum atomic E-state index is -1.65. The van der Waals surface area contributed by atoms with E-state index in [4.69, 9.17) is 14.2 Å². The summed E-state index contributed by atoms with van der Waals surface area (Å²) in [4.78, 5) is 42.4. The van der Waals surface area contributed by atoms with Gasteiger partial charge in [-0.25, -0.2) is 0 Å². The zero-order valence-electron chi connectivity index (χ0n) is 29.2. The van der Waals surface area contributed by atoms with Gasteiger partial charge in [-0.3, -0.25) is 14.4 Å². The predicted octanol–water partition coefficient (Wildman–Crippen LogP) is 5.45. The van der Waals surface area contributed by atoms with Crippen molar-refractivity contribution in [3.63, 3.8) is 0 Å². The van der Waals surface area contributed by atoms with Crippen LogP contribution in [0.1, 0.15) is 115 Å². The third-order valence-corrected chi connectivity index (χ3v) is 13.0. The monoisotopic (exact) mass is 647 g/mol. The Kier molecular flexibility index (Phi) is 6.79. The molecular weight excluding hydrogens is 598 g/mol. The summed E-state index contributed by atoms with van der Waals surface area (Å²) in [5.74, 6) is -2.52. The number of rotatable bonds is 2. The first-order valence-electron chi connectivity index (χ1n) is 17.0. The Labute approximate surface area is 277 Å². The van der Waals surface area contributed by atoms with Gasteiger partial charge in [0.05, 0.1) is 33.5 Å². The van der Waals surface area contributed by atoms with Crippen molar-refractivity contribution >= 4 is 28.7 Å². The van der Waals surface area contributed by atoms with Gasteiger partial charge in [-0.2, -0.15) is 0 Å². The molecule has 9 heteroatoms. The van der Waals surface area contributed by atoms with Gasteiger partial charge in [0.2, 0.25) is 5.91 Å². The van der Waals surface area contributed by atoms with E-state index in [-0.39, 0.29) is 48.0 Å². The Bertz CT molecular complexity index is 1690. The summed E-state index contributed by atoms with van der Waals surface area (Å²) in [5.41, 5.74) is -0.317. The molecule has 0 spiro atoms. The lowest BCUT2D eigenvalue weighted by Gasteiger charge is -2.67. The van der Waals surface area contributed by atoms with E-state index in [1.807, 2.05) is 26.0 Å². The van der Waals surface area contributed by atoms with Gasteiger partial charge in [0.15, 0.2) is 23.5 Å². The first kappa shape index (κ1) is 32.8. The molecule has 47 heavy (non-hydrogen) atoms. The molecule has 3 heterocycles. The number of benzene rings is 1. The molecule has 6 aliphatic rings. The predicted molar refractivity (Wildman–Crippen MR) is 176 cm³/mol. The Morgan fingerprint density at radius 2 is 1.70 bits per heavy atom. The van der Waals surface area contributed by atoms with Crippen LogP contribution in [0.3, 0.4) is 0 Å². The van der Waals surface area contributed by atoms with E-state index in [0.29, 0.717) is 30.5 Å². The number of hydrogen-bond donors (Lipinski definition) is 3. The highest BCUT2D eigenvalue weighted by Gasteiger charge is 2.73. The number of anilines is 1. The van der Waals surface area contributed by atoms with Crippen molar-refractivity contribution < 1.29 is 38.8 Å². The number of nitrogens with one attached hydrogen (secondary N) is 1. The van der Waals surface area contributed by atoms with Crippen LogP contribution in [0.5, 0.6) is 0 Å². The molecule has 3 N–H and O–H groups in total. The summed E-state index contributed by atoms with van der Waals surface area (Å²) in [5, 5.41) is 26.8. The minimum Gasteiger partial charge on any atom is -0.387 e. The van der Waals surface area contributed by atoms with Crippen molar-refractivity contribution in [2.75, 3.05) is 12.4 Å². The van der Waals surface area contributed by atoms with Crippen LogP contribution in [0.2, 0.25) is 0 Å². The second kappa shape index (κ2) is 9.72. The number of aliphatic hydroxyl groups is 2. The summed E-state index contributed by atoms with van der Waals surface area (Å²) in [7, 11) is 1.47. The highest BCUT2D eigenvalue weighted by Crippen LogP contribution is 2.69. The van der Waals surface area contributed by atoms with Gasteiger partial charge >= 0.3 is 0 Å². The average Bonchev–Trinajstić information content (AvgIpc) is 3.32. The molecule has 254 valence electrons. The summed E-state index contributed by atoms with van der Waals surface area (Å²) >= 11 is 0. The van der Waals surface area contributed by atoms with Crippen molar-refractivity contribution in [2.45, 2.75) is 135 Å². The molecule has 0 aromatic heterocycles. The molecule has 1 amide bonds. The second-order valence-electron chi connectivity index (χ2n) is 17.0. The van der Waals surface area contributed by atoms with Crippen LogP contribution in [0.15, 0.2) is 29.4 Å². The first-order valence-corrected chi connectivity index (χ1v) is 17.0. The van der Waals surface area contributed by atoms with Crippen molar-refractivity contribution in [1.82, 2.24) is 0 Å². The number of hydrogen-bond acceptors (Lipinski definition) is 8. The number of ketones is 2. The highest BCUT2D eigenvalue weighted by atomic mass is 16.7. The lowest BCUT2D eigenvalue weighted by molar-refractivity contribution is -0.299. The lowest BCUT2D eigenvalue weighted by Crippen LogP contribution is -2.72. The third kappa shape index (κ3) is 4.29. The molecule has 0 bridgehead atoms. The SMILES string of the molecule is COC12CCC3(C)C(O)(CCC4CC(=O)c5cc6c(cc5NC(=O)C43C)C3=C(C6)C(C)(C)OC(C)(C)C3)C1=CC(=O)C(C(C)(C)O)O2. The van der Waals surface area contributed by atoms with Gasteiger partial charge < -0.3 is 29.7 Å². The maximum Gasteiger partial charge on any atom is 0.231 e. The average molecular weight is 648 g/mol. The Morgan fingerprint density at radius 1 is 1.00 bits per heavy atom. The van der Waals surface area contributed by atoms with Crippen LogP contribution in [0.25, 0.3) is 5.57 Å². The summed E-state index contributed by atoms with van der Waals surface area (Å²) in [6, 6.07) is 3.95. The Morgan fingerprint density at radius 3 is 2.36 bits per heavy atom. The van der Waals surface area contributed by atoms with Crippen molar-refractivity contribution in [3.8, 4) is 0 Å². The van der Waals surface area contributed by atoms with E-state index in [2.05, 4.69) is 33.0 Å². The molecule has 1 aromatic rings. The zero-order valence-corrected chi connectivity index (χ0v) is 29.2. The van der Waals surface area contributed by atoms with Crippen LogP contribution >= 0.6 is 0 Å². The number of ether oxygens (including phenoxy) is 3. The second-order valence-corrected chi connectivity index (χ2v) is 17.0. The Balaban J connectivity index is 1.31. The maximum absolute atomic E-state index is 14.8. The van der Waals surface area contributed by atoms with Crippen LogP contribution < -0.4 is 5.32 Å². The van der Waals surface area contributed by atoms with Crippen LogP contribution in [-0.4, -0.2) is 69.1 Å². The van der Waals surface area contributed by atoms with Gasteiger partial charge in [-0.1, -0.05) is 6.92 Å². The quantitative estimate of drug-likeness (QED) is 0.386. The normalized spacial score (nSPS) is 38.9. The zero-order chi connectivity index (χ0) is 34.3.